The van der Waals surface area contributed by atoms with Crippen molar-refractivity contribution < 1.29 is 18.7 Å². The van der Waals surface area contributed by atoms with Crippen LogP contribution in [0.5, 0.6) is 5.75 Å². The summed E-state index contributed by atoms with van der Waals surface area (Å²) in [5, 5.41) is 4.96. The summed E-state index contributed by atoms with van der Waals surface area (Å²) in [5.74, 6) is 0.870. The number of carbonyl (C=O) groups excluding carboxylic acids is 2. The summed E-state index contributed by atoms with van der Waals surface area (Å²) in [6.45, 7) is 3.24. The molecule has 1 aromatic carbocycles. The summed E-state index contributed by atoms with van der Waals surface area (Å²) in [6.07, 6.45) is 3.68. The molecule has 3 aromatic rings. The van der Waals surface area contributed by atoms with Crippen LogP contribution in [0, 0.1) is 5.82 Å². The molecular formula is C27H32FN7O3. The number of nitrogens with zero attached hydrogens (tertiary/aromatic N) is 7. The molecule has 0 spiro atoms. The molecule has 0 unspecified atom stereocenters. The Kier molecular flexibility index (Phi) is 6.29. The van der Waals surface area contributed by atoms with Gasteiger partial charge in [-0.1, -0.05) is 0 Å². The van der Waals surface area contributed by atoms with Crippen LogP contribution in [0.2, 0.25) is 0 Å². The number of anilines is 2. The van der Waals surface area contributed by atoms with Gasteiger partial charge in [0.15, 0.2) is 12.3 Å². The van der Waals surface area contributed by atoms with Crippen LogP contribution in [0.25, 0.3) is 5.65 Å². The van der Waals surface area contributed by atoms with Gasteiger partial charge in [0.2, 0.25) is 0 Å². The first-order valence-electron chi connectivity index (χ1n) is 13.2. The van der Waals surface area contributed by atoms with Gasteiger partial charge in [0.1, 0.15) is 23.2 Å². The summed E-state index contributed by atoms with van der Waals surface area (Å²) in [7, 11) is 3.70. The minimum absolute atomic E-state index is 0.113. The van der Waals surface area contributed by atoms with Gasteiger partial charge in [-0.2, -0.15) is 9.61 Å². The van der Waals surface area contributed by atoms with Crippen LogP contribution in [0.4, 0.5) is 16.0 Å². The van der Waals surface area contributed by atoms with E-state index in [0.717, 1.165) is 56.1 Å². The number of benzene rings is 1. The maximum atomic E-state index is 14.3. The summed E-state index contributed by atoms with van der Waals surface area (Å²) in [4.78, 5) is 39.3. The highest BCUT2D eigenvalue weighted by Crippen LogP contribution is 2.35. The molecule has 2 aromatic heterocycles. The second-order valence-electron chi connectivity index (χ2n) is 10.3. The molecule has 2 bridgehead atoms. The van der Waals surface area contributed by atoms with Crippen LogP contribution in [0.3, 0.4) is 0 Å². The SMILES string of the molecule is CN1CCN(C)c2cc(N3CCC3)nc3cc(nn23)[C@@H]2CCCCN2C(=O)c2cc(F)ccc2OCC1=O. The monoisotopic (exact) mass is 521 g/mol. The Balaban J connectivity index is 1.48. The van der Waals surface area contributed by atoms with E-state index < -0.39 is 5.82 Å². The smallest absolute Gasteiger partial charge is 0.260 e. The lowest BCUT2D eigenvalue weighted by atomic mass is 9.98. The van der Waals surface area contributed by atoms with E-state index in [0.29, 0.717) is 25.3 Å². The maximum Gasteiger partial charge on any atom is 0.260 e. The first-order chi connectivity index (χ1) is 18.4. The van der Waals surface area contributed by atoms with Gasteiger partial charge in [-0.15, -0.1) is 0 Å². The average molecular weight is 522 g/mol. The lowest BCUT2D eigenvalue weighted by molar-refractivity contribution is -0.131. The molecule has 2 amide bonds. The Bertz CT molecular complexity index is 1390. The highest BCUT2D eigenvalue weighted by Gasteiger charge is 2.33. The van der Waals surface area contributed by atoms with E-state index in [1.165, 1.54) is 18.2 Å². The predicted octanol–water partition coefficient (Wildman–Crippen LogP) is 2.73. The van der Waals surface area contributed by atoms with Gasteiger partial charge < -0.3 is 24.3 Å². The Labute approximate surface area is 220 Å². The van der Waals surface area contributed by atoms with Gasteiger partial charge in [-0.25, -0.2) is 9.37 Å². The van der Waals surface area contributed by atoms with E-state index in [4.69, 9.17) is 14.8 Å². The third-order valence-corrected chi connectivity index (χ3v) is 7.81. The number of ether oxygens (including phenoxy) is 1. The number of carbonyl (C=O) groups is 2. The van der Waals surface area contributed by atoms with E-state index >= 15 is 0 Å². The number of piperidine rings is 1. The zero-order chi connectivity index (χ0) is 26.4. The topological polar surface area (TPSA) is 86.5 Å². The molecule has 2 saturated heterocycles. The predicted molar refractivity (Wildman–Crippen MR) is 140 cm³/mol. The number of aromatic nitrogens is 3. The van der Waals surface area contributed by atoms with Crippen LogP contribution in [-0.2, 0) is 4.79 Å². The number of rotatable bonds is 1. The van der Waals surface area contributed by atoms with Crippen LogP contribution < -0.4 is 14.5 Å². The lowest BCUT2D eigenvalue weighted by Gasteiger charge is -2.35. The first-order valence-corrected chi connectivity index (χ1v) is 13.2. The third-order valence-electron chi connectivity index (χ3n) is 7.81. The second kappa shape index (κ2) is 9.77. The number of amides is 2. The van der Waals surface area contributed by atoms with Gasteiger partial charge in [0.05, 0.1) is 17.3 Å². The highest BCUT2D eigenvalue weighted by molar-refractivity contribution is 5.97. The van der Waals surface area contributed by atoms with Gasteiger partial charge in [-0.05, 0) is 43.9 Å². The molecule has 0 aliphatic carbocycles. The fourth-order valence-corrected chi connectivity index (χ4v) is 5.33. The molecule has 3 aliphatic rings. The Morgan fingerprint density at radius 1 is 0.947 bits per heavy atom. The van der Waals surface area contributed by atoms with Crippen LogP contribution in [0.15, 0.2) is 30.3 Å². The number of likely N-dealkylation sites (N-methyl/N-ethyl adjacent to an activating group) is 2. The van der Waals surface area contributed by atoms with Crippen molar-refractivity contribution in [3.05, 3.63) is 47.4 Å². The third kappa shape index (κ3) is 4.39. The van der Waals surface area contributed by atoms with Crippen LogP contribution in [0.1, 0.15) is 47.8 Å². The van der Waals surface area contributed by atoms with Crippen molar-refractivity contribution in [1.82, 2.24) is 24.4 Å². The summed E-state index contributed by atoms with van der Waals surface area (Å²) in [5.41, 5.74) is 1.59. The fraction of sp³-hybridized carbons (Fsp3) is 0.481. The van der Waals surface area contributed by atoms with Crippen molar-refractivity contribution in [1.29, 1.82) is 0 Å². The van der Waals surface area contributed by atoms with Crippen molar-refractivity contribution in [3.8, 4) is 5.75 Å². The molecule has 11 heteroatoms. The Morgan fingerprint density at radius 2 is 1.76 bits per heavy atom. The molecule has 0 radical (unpaired) electrons. The fourth-order valence-electron chi connectivity index (χ4n) is 5.33. The van der Waals surface area contributed by atoms with Crippen molar-refractivity contribution >= 4 is 29.1 Å². The van der Waals surface area contributed by atoms with Crippen LogP contribution in [-0.4, -0.2) is 89.6 Å². The molecule has 0 N–H and O–H groups in total. The summed E-state index contributed by atoms with van der Waals surface area (Å²) >= 11 is 0. The van der Waals surface area contributed by atoms with E-state index in [-0.39, 0.29) is 35.8 Å². The van der Waals surface area contributed by atoms with E-state index in [9.17, 15) is 14.0 Å². The molecule has 1 atom stereocenters. The molecular weight excluding hydrogens is 489 g/mol. The minimum atomic E-state index is -0.532. The average Bonchev–Trinajstić information content (AvgIpc) is 3.32. The highest BCUT2D eigenvalue weighted by atomic mass is 19.1. The van der Waals surface area contributed by atoms with E-state index in [1.807, 2.05) is 23.7 Å². The Morgan fingerprint density at radius 3 is 2.55 bits per heavy atom. The van der Waals surface area contributed by atoms with Crippen molar-refractivity contribution in [3.63, 3.8) is 0 Å². The van der Waals surface area contributed by atoms with Gasteiger partial charge in [0, 0.05) is 59.0 Å². The number of halogens is 1. The van der Waals surface area contributed by atoms with Crippen LogP contribution >= 0.6 is 0 Å². The number of hydrogen-bond acceptors (Lipinski definition) is 7. The maximum absolute atomic E-state index is 14.3. The molecule has 0 saturated carbocycles. The number of hydrogen-bond donors (Lipinski definition) is 0. The molecule has 38 heavy (non-hydrogen) atoms. The normalized spacial score (nSPS) is 20.9. The van der Waals surface area contributed by atoms with Crippen molar-refractivity contribution in [2.75, 3.05) is 63.2 Å². The van der Waals surface area contributed by atoms with E-state index in [2.05, 4.69) is 9.80 Å². The zero-order valence-corrected chi connectivity index (χ0v) is 21.8. The van der Waals surface area contributed by atoms with Gasteiger partial charge in [-0.3, -0.25) is 9.59 Å². The molecule has 2 fully saturated rings. The summed E-state index contributed by atoms with van der Waals surface area (Å²) in [6, 6.07) is 7.59. The van der Waals surface area contributed by atoms with Crippen molar-refractivity contribution in [2.45, 2.75) is 31.7 Å². The largest absolute Gasteiger partial charge is 0.483 e. The molecule has 200 valence electrons. The first kappa shape index (κ1) is 24.4. The molecule has 5 heterocycles. The van der Waals surface area contributed by atoms with Gasteiger partial charge in [0.25, 0.3) is 11.8 Å². The number of fused-ring (bicyclic) bond motifs is 4. The van der Waals surface area contributed by atoms with Crippen molar-refractivity contribution in [2.24, 2.45) is 0 Å². The lowest BCUT2D eigenvalue weighted by Crippen LogP contribution is -2.40. The standard InChI is InChI=1S/C27H32FN7O3/c1-31-12-13-32(2)26(36)17-38-22-8-7-18(28)14-19(22)27(37)34-11-4-3-6-21(34)20-15-24-29-23(33-9-5-10-33)16-25(31)35(24)30-20/h7-8,14-16,21H,3-6,9-13,17H2,1-2H3/t21-/m0/s1. The van der Waals surface area contributed by atoms with Gasteiger partial charge >= 0.3 is 0 Å². The second-order valence-corrected chi connectivity index (χ2v) is 10.3. The Hall–Kier alpha value is -3.89. The molecule has 10 nitrogen and oxygen atoms in total. The minimum Gasteiger partial charge on any atom is -0.483 e. The zero-order valence-electron chi connectivity index (χ0n) is 21.8. The van der Waals surface area contributed by atoms with E-state index in [1.54, 1.807) is 16.8 Å². The molecule has 3 aliphatic heterocycles. The molecule has 6 rings (SSSR count). The quantitative estimate of drug-likeness (QED) is 0.487. The summed E-state index contributed by atoms with van der Waals surface area (Å²) < 4.78 is 21.9.